The third-order valence-corrected chi connectivity index (χ3v) is 5.20. The Morgan fingerprint density at radius 3 is 1.29 bits per heavy atom. The molecule has 7 heavy (non-hydrogen) atoms. The van der Waals surface area contributed by atoms with Crippen molar-refractivity contribution in [1.82, 2.24) is 0 Å². The van der Waals surface area contributed by atoms with Gasteiger partial charge in [0.05, 0.1) is 0 Å². The minimum absolute atomic E-state index is 0. The van der Waals surface area contributed by atoms with E-state index in [0.29, 0.717) is 0 Å². The Balaban J connectivity index is 0. The van der Waals surface area contributed by atoms with Crippen LogP contribution in [0.25, 0.3) is 0 Å². The summed E-state index contributed by atoms with van der Waals surface area (Å²) in [6.07, 6.45) is 0. The molecule has 0 aliphatic heterocycles. The fourth-order valence-electron chi connectivity index (χ4n) is 0.866. The standard InChI is InChI=1S/3C2H5.Al.H/c3*1-2;;/h3*1H2,2H3;;. The maximum atomic E-state index is 2.32. The van der Waals surface area contributed by atoms with Crippen LogP contribution in [0.4, 0.5) is 0 Å². The van der Waals surface area contributed by atoms with Crippen molar-refractivity contribution < 1.29 is 1.43 Å². The molecule has 0 saturated heterocycles. The van der Waals surface area contributed by atoms with Crippen LogP contribution >= 0.6 is 0 Å². The molecule has 0 aromatic carbocycles. The van der Waals surface area contributed by atoms with Crippen LogP contribution in [-0.4, -0.2) is 14.1 Å². The average Bonchev–Trinajstić information content (AvgIpc) is 1.72. The largest absolute Gasteiger partial charge is 0.261 e. The Morgan fingerprint density at radius 1 is 1.00 bits per heavy atom. The zero-order valence-electron chi connectivity index (χ0n) is 6.70. The van der Waals surface area contributed by atoms with Crippen LogP contribution in [-0.2, 0) is 0 Å². The number of hydrogen-bond donors (Lipinski definition) is 0. The van der Waals surface area contributed by atoms with Crippen molar-refractivity contribution >= 4 is 14.1 Å². The molecule has 0 nitrogen and oxygen atoms in total. The normalized spacial score (nSPS) is 9.00. The van der Waals surface area contributed by atoms with Crippen LogP contribution in [0.15, 0.2) is 0 Å². The SMILES string of the molecule is C[CH2][Al]([CH2]C)[CH2]C.[H]. The van der Waals surface area contributed by atoms with Crippen molar-refractivity contribution in [2.45, 2.75) is 36.6 Å². The maximum absolute atomic E-state index is 2.32. The summed E-state index contributed by atoms with van der Waals surface area (Å²) >= 11 is -0.171. The molecule has 1 heteroatoms. The van der Waals surface area contributed by atoms with E-state index in [2.05, 4.69) is 20.8 Å². The van der Waals surface area contributed by atoms with Crippen molar-refractivity contribution in [2.24, 2.45) is 0 Å². The lowest BCUT2D eigenvalue weighted by atomic mass is 10.9. The lowest BCUT2D eigenvalue weighted by Crippen LogP contribution is -2.04. The molecule has 0 saturated carbocycles. The highest BCUT2D eigenvalue weighted by Gasteiger charge is 2.05. The van der Waals surface area contributed by atoms with E-state index in [1.807, 2.05) is 0 Å². The molecule has 0 bridgehead atoms. The van der Waals surface area contributed by atoms with E-state index in [-0.39, 0.29) is 15.6 Å². The van der Waals surface area contributed by atoms with Gasteiger partial charge < -0.3 is 0 Å². The van der Waals surface area contributed by atoms with E-state index in [1.54, 1.807) is 0 Å². The molecule has 0 aromatic rings. The predicted molar refractivity (Wildman–Crippen MR) is 38.3 cm³/mol. The van der Waals surface area contributed by atoms with E-state index in [1.165, 1.54) is 15.8 Å². The topological polar surface area (TPSA) is 0 Å². The molecule has 0 amide bonds. The first kappa shape index (κ1) is 7.53. The fraction of sp³-hybridized carbons (Fsp3) is 1.00. The van der Waals surface area contributed by atoms with E-state index < -0.39 is 0 Å². The molecule has 0 spiro atoms. The van der Waals surface area contributed by atoms with Crippen molar-refractivity contribution in [3.05, 3.63) is 0 Å². The van der Waals surface area contributed by atoms with Gasteiger partial charge in [0.2, 0.25) is 0 Å². The van der Waals surface area contributed by atoms with Gasteiger partial charge in [0, 0.05) is 1.43 Å². The van der Waals surface area contributed by atoms with E-state index in [4.69, 9.17) is 0 Å². The van der Waals surface area contributed by atoms with Crippen LogP contribution in [0.3, 0.4) is 0 Å². The van der Waals surface area contributed by atoms with Gasteiger partial charge in [-0.05, 0) is 0 Å². The number of hydrogen-bond acceptors (Lipinski definition) is 0. The molecule has 0 aliphatic carbocycles. The Labute approximate surface area is 52.8 Å². The van der Waals surface area contributed by atoms with Crippen molar-refractivity contribution in [1.29, 1.82) is 0 Å². The van der Waals surface area contributed by atoms with Crippen LogP contribution in [0, 0.1) is 0 Å². The Bertz CT molecular complexity index is 30.0. The summed E-state index contributed by atoms with van der Waals surface area (Å²) in [5, 5.41) is 4.48. The zero-order chi connectivity index (χ0) is 5.70. The highest BCUT2D eigenvalue weighted by atomic mass is 27.2. The average molecular weight is 115 g/mol. The minimum Gasteiger partial charge on any atom is -0.0967 e. The maximum Gasteiger partial charge on any atom is 0.261 e. The van der Waals surface area contributed by atoms with Crippen LogP contribution in [0.1, 0.15) is 22.2 Å². The minimum atomic E-state index is -0.171. The lowest BCUT2D eigenvalue weighted by molar-refractivity contribution is 1.24. The van der Waals surface area contributed by atoms with Gasteiger partial charge in [-0.15, -0.1) is 0 Å². The quantitative estimate of drug-likeness (QED) is 0.496. The third kappa shape index (κ3) is 3.14. The molecule has 0 N–H and O–H groups in total. The molecule has 0 aliphatic rings. The predicted octanol–water partition coefficient (Wildman–Crippen LogP) is 2.65. The van der Waals surface area contributed by atoms with E-state index in [0.717, 1.165) is 0 Å². The van der Waals surface area contributed by atoms with Crippen molar-refractivity contribution in [2.75, 3.05) is 0 Å². The van der Waals surface area contributed by atoms with Crippen LogP contribution < -0.4 is 0 Å². The van der Waals surface area contributed by atoms with Gasteiger partial charge in [0.25, 0.3) is 14.1 Å². The summed E-state index contributed by atoms with van der Waals surface area (Å²) in [5.41, 5.74) is 0. The fourth-order valence-corrected chi connectivity index (χ4v) is 2.60. The van der Waals surface area contributed by atoms with Crippen molar-refractivity contribution in [3.8, 4) is 0 Å². The zero-order valence-corrected chi connectivity index (χ0v) is 6.85. The van der Waals surface area contributed by atoms with Crippen LogP contribution in [0.2, 0.25) is 15.8 Å². The number of rotatable bonds is 3. The molecule has 1 radical (unpaired) electrons. The molecule has 0 heterocycles. The summed E-state index contributed by atoms with van der Waals surface area (Å²) in [7, 11) is 0. The Morgan fingerprint density at radius 2 is 1.29 bits per heavy atom. The van der Waals surface area contributed by atoms with Gasteiger partial charge in [-0.3, -0.25) is 0 Å². The summed E-state index contributed by atoms with van der Waals surface area (Å²) in [6, 6.07) is 0. The van der Waals surface area contributed by atoms with Crippen LogP contribution in [0.5, 0.6) is 0 Å². The van der Waals surface area contributed by atoms with E-state index in [9.17, 15) is 0 Å². The van der Waals surface area contributed by atoms with Crippen molar-refractivity contribution in [3.63, 3.8) is 0 Å². The summed E-state index contributed by atoms with van der Waals surface area (Å²) in [4.78, 5) is 0. The van der Waals surface area contributed by atoms with Gasteiger partial charge in [-0.2, -0.15) is 0 Å². The molecule has 43 valence electrons. The first-order chi connectivity index (χ1) is 3.35. The monoisotopic (exact) mass is 115 g/mol. The van der Waals surface area contributed by atoms with Gasteiger partial charge in [-0.25, -0.2) is 0 Å². The molecular weight excluding hydrogens is 99.0 g/mol. The van der Waals surface area contributed by atoms with E-state index >= 15 is 0 Å². The first-order valence-electron chi connectivity index (χ1n) is 3.35. The molecule has 0 aromatic heterocycles. The first-order valence-corrected chi connectivity index (χ1v) is 5.80. The molecule has 0 atom stereocenters. The highest BCUT2D eigenvalue weighted by Crippen LogP contribution is 2.01. The summed E-state index contributed by atoms with van der Waals surface area (Å²) < 4.78 is 0. The Hall–Kier alpha value is 0.532. The highest BCUT2D eigenvalue weighted by molar-refractivity contribution is 6.58. The molecule has 0 unspecified atom stereocenters. The summed E-state index contributed by atoms with van der Waals surface area (Å²) in [6.45, 7) is 6.97. The third-order valence-electron chi connectivity index (χ3n) is 1.73. The van der Waals surface area contributed by atoms with Gasteiger partial charge >= 0.3 is 0 Å². The molecule has 0 rings (SSSR count). The summed E-state index contributed by atoms with van der Waals surface area (Å²) in [5.74, 6) is 0. The molecular formula is C6H16Al. The molecule has 0 fully saturated rings. The second-order valence-corrected chi connectivity index (χ2v) is 6.27. The van der Waals surface area contributed by atoms with Gasteiger partial charge in [-0.1, -0.05) is 36.6 Å². The lowest BCUT2D eigenvalue weighted by Gasteiger charge is -1.97. The van der Waals surface area contributed by atoms with Gasteiger partial charge in [0.1, 0.15) is 0 Å². The smallest absolute Gasteiger partial charge is 0.0967 e. The van der Waals surface area contributed by atoms with Gasteiger partial charge in [0.15, 0.2) is 0 Å². The second-order valence-electron chi connectivity index (χ2n) is 2.09. The second kappa shape index (κ2) is 4.69. The Kier molecular flexibility index (Phi) is 5.04.